The minimum Gasteiger partial charge on any atom is -0.346 e. The maximum atomic E-state index is 4.66. The van der Waals surface area contributed by atoms with Crippen molar-refractivity contribution in [2.45, 2.75) is 26.4 Å². The van der Waals surface area contributed by atoms with E-state index in [1.807, 2.05) is 12.6 Å². The summed E-state index contributed by atoms with van der Waals surface area (Å²) in [5.41, 5.74) is 4.12. The lowest BCUT2D eigenvalue weighted by molar-refractivity contribution is 0.636. The summed E-state index contributed by atoms with van der Waals surface area (Å²) in [7, 11) is 4.03. The summed E-state index contributed by atoms with van der Waals surface area (Å²) in [5, 5.41) is 6.38. The standard InChI is InChI=1S/C12H18N4S2/c1-8(13-3)10-6-17-12(15-10)16(4)5-11-9(2)14-7-18-11/h6-8,13H,5H2,1-4H3. The molecule has 1 N–H and O–H groups in total. The highest BCUT2D eigenvalue weighted by Crippen LogP contribution is 2.25. The van der Waals surface area contributed by atoms with Crippen molar-refractivity contribution in [1.82, 2.24) is 15.3 Å². The Morgan fingerprint density at radius 3 is 2.83 bits per heavy atom. The van der Waals surface area contributed by atoms with Gasteiger partial charge in [-0.15, -0.1) is 22.7 Å². The van der Waals surface area contributed by atoms with Crippen LogP contribution in [-0.4, -0.2) is 24.1 Å². The molecule has 0 aliphatic heterocycles. The fourth-order valence-corrected chi connectivity index (χ4v) is 3.27. The van der Waals surface area contributed by atoms with Crippen LogP contribution in [0.2, 0.25) is 0 Å². The van der Waals surface area contributed by atoms with Gasteiger partial charge in [0.15, 0.2) is 5.13 Å². The Balaban J connectivity index is 2.07. The average molecular weight is 282 g/mol. The summed E-state index contributed by atoms with van der Waals surface area (Å²) < 4.78 is 0. The van der Waals surface area contributed by atoms with Crippen molar-refractivity contribution in [1.29, 1.82) is 0 Å². The van der Waals surface area contributed by atoms with Crippen molar-refractivity contribution in [3.63, 3.8) is 0 Å². The number of hydrogen-bond donors (Lipinski definition) is 1. The van der Waals surface area contributed by atoms with Crippen LogP contribution in [0.15, 0.2) is 10.9 Å². The Bertz CT molecular complexity index is 506. The fourth-order valence-electron chi connectivity index (χ4n) is 1.56. The second-order valence-electron chi connectivity index (χ2n) is 4.28. The number of nitrogens with one attached hydrogen (secondary N) is 1. The molecule has 0 aliphatic carbocycles. The van der Waals surface area contributed by atoms with E-state index >= 15 is 0 Å². The predicted octanol–water partition coefficient (Wildman–Crippen LogP) is 2.82. The number of rotatable bonds is 5. The monoisotopic (exact) mass is 282 g/mol. The van der Waals surface area contributed by atoms with Crippen LogP contribution in [-0.2, 0) is 6.54 Å². The van der Waals surface area contributed by atoms with Gasteiger partial charge in [-0.25, -0.2) is 9.97 Å². The van der Waals surface area contributed by atoms with E-state index in [1.54, 1.807) is 22.7 Å². The highest BCUT2D eigenvalue weighted by atomic mass is 32.1. The van der Waals surface area contributed by atoms with Crippen LogP contribution in [0.4, 0.5) is 5.13 Å². The number of anilines is 1. The van der Waals surface area contributed by atoms with E-state index in [0.717, 1.165) is 23.1 Å². The largest absolute Gasteiger partial charge is 0.346 e. The van der Waals surface area contributed by atoms with Gasteiger partial charge in [0, 0.05) is 23.3 Å². The molecule has 18 heavy (non-hydrogen) atoms. The molecule has 0 fully saturated rings. The minimum atomic E-state index is 0.300. The SMILES string of the molecule is CNC(C)c1csc(N(C)Cc2scnc2C)n1. The Labute approximate surface area is 116 Å². The van der Waals surface area contributed by atoms with Gasteiger partial charge in [0.1, 0.15) is 0 Å². The molecular weight excluding hydrogens is 264 g/mol. The third-order valence-electron chi connectivity index (χ3n) is 2.94. The van der Waals surface area contributed by atoms with E-state index in [4.69, 9.17) is 0 Å². The zero-order valence-electron chi connectivity index (χ0n) is 11.1. The first-order valence-corrected chi connectivity index (χ1v) is 7.60. The first-order valence-electron chi connectivity index (χ1n) is 5.84. The topological polar surface area (TPSA) is 41.0 Å². The predicted molar refractivity (Wildman–Crippen MR) is 78.5 cm³/mol. The summed E-state index contributed by atoms with van der Waals surface area (Å²) in [5.74, 6) is 0. The zero-order chi connectivity index (χ0) is 13.1. The second-order valence-corrected chi connectivity index (χ2v) is 6.06. The van der Waals surface area contributed by atoms with E-state index in [9.17, 15) is 0 Å². The molecule has 0 bridgehead atoms. The van der Waals surface area contributed by atoms with Gasteiger partial charge in [-0.05, 0) is 20.9 Å². The van der Waals surface area contributed by atoms with Gasteiger partial charge in [0.2, 0.25) is 0 Å². The van der Waals surface area contributed by atoms with Crippen molar-refractivity contribution in [2.75, 3.05) is 19.0 Å². The maximum absolute atomic E-state index is 4.66. The Morgan fingerprint density at radius 2 is 2.22 bits per heavy atom. The van der Waals surface area contributed by atoms with Crippen LogP contribution in [0.25, 0.3) is 0 Å². The van der Waals surface area contributed by atoms with Crippen molar-refractivity contribution in [3.05, 3.63) is 27.2 Å². The van der Waals surface area contributed by atoms with E-state index < -0.39 is 0 Å². The molecule has 1 atom stereocenters. The lowest BCUT2D eigenvalue weighted by atomic mass is 10.3. The number of hydrogen-bond acceptors (Lipinski definition) is 6. The van der Waals surface area contributed by atoms with E-state index in [2.05, 4.69) is 46.5 Å². The van der Waals surface area contributed by atoms with Crippen LogP contribution in [0, 0.1) is 6.92 Å². The van der Waals surface area contributed by atoms with Gasteiger partial charge in [-0.1, -0.05) is 0 Å². The third-order valence-corrected chi connectivity index (χ3v) is 4.83. The minimum absolute atomic E-state index is 0.300. The van der Waals surface area contributed by atoms with Crippen LogP contribution in [0.5, 0.6) is 0 Å². The molecule has 1 unspecified atom stereocenters. The quantitative estimate of drug-likeness (QED) is 0.915. The smallest absolute Gasteiger partial charge is 0.185 e. The summed E-state index contributed by atoms with van der Waals surface area (Å²) >= 11 is 3.39. The molecule has 2 aromatic rings. The van der Waals surface area contributed by atoms with Gasteiger partial charge in [-0.2, -0.15) is 0 Å². The molecule has 4 nitrogen and oxygen atoms in total. The highest BCUT2D eigenvalue weighted by Gasteiger charge is 2.12. The summed E-state index contributed by atoms with van der Waals surface area (Å²) in [6, 6.07) is 0.300. The summed E-state index contributed by atoms with van der Waals surface area (Å²) in [6.45, 7) is 5.04. The highest BCUT2D eigenvalue weighted by molar-refractivity contribution is 7.13. The molecule has 2 aromatic heterocycles. The van der Waals surface area contributed by atoms with E-state index in [1.165, 1.54) is 4.88 Å². The third kappa shape index (κ3) is 2.88. The number of aromatic nitrogens is 2. The number of nitrogens with zero attached hydrogens (tertiary/aromatic N) is 3. The zero-order valence-corrected chi connectivity index (χ0v) is 12.7. The maximum Gasteiger partial charge on any atom is 0.185 e. The van der Waals surface area contributed by atoms with Gasteiger partial charge >= 0.3 is 0 Å². The molecule has 0 spiro atoms. The normalized spacial score (nSPS) is 12.7. The molecule has 2 rings (SSSR count). The molecular formula is C12H18N4S2. The molecule has 0 aromatic carbocycles. The first kappa shape index (κ1) is 13.5. The summed E-state index contributed by atoms with van der Waals surface area (Å²) in [6.07, 6.45) is 0. The van der Waals surface area contributed by atoms with Crippen LogP contribution in [0.3, 0.4) is 0 Å². The average Bonchev–Trinajstić information content (AvgIpc) is 2.98. The number of aryl methyl sites for hydroxylation is 1. The van der Waals surface area contributed by atoms with Crippen molar-refractivity contribution in [3.8, 4) is 0 Å². The van der Waals surface area contributed by atoms with Crippen LogP contribution < -0.4 is 10.2 Å². The van der Waals surface area contributed by atoms with Gasteiger partial charge < -0.3 is 10.2 Å². The molecule has 2 heterocycles. The Hall–Kier alpha value is -0.980. The molecule has 0 amide bonds. The van der Waals surface area contributed by atoms with Gasteiger partial charge in [0.05, 0.1) is 23.4 Å². The van der Waals surface area contributed by atoms with Crippen molar-refractivity contribution >= 4 is 27.8 Å². The van der Waals surface area contributed by atoms with E-state index in [-0.39, 0.29) is 0 Å². The fraction of sp³-hybridized carbons (Fsp3) is 0.500. The van der Waals surface area contributed by atoms with Gasteiger partial charge in [0.25, 0.3) is 0 Å². The second kappa shape index (κ2) is 5.77. The Morgan fingerprint density at radius 1 is 1.44 bits per heavy atom. The van der Waals surface area contributed by atoms with E-state index in [0.29, 0.717) is 6.04 Å². The Kier molecular flexibility index (Phi) is 4.31. The molecule has 0 saturated carbocycles. The van der Waals surface area contributed by atoms with Crippen molar-refractivity contribution in [2.24, 2.45) is 0 Å². The van der Waals surface area contributed by atoms with Crippen molar-refractivity contribution < 1.29 is 0 Å². The first-order chi connectivity index (χ1) is 8.61. The summed E-state index contributed by atoms with van der Waals surface area (Å²) in [4.78, 5) is 12.4. The lowest BCUT2D eigenvalue weighted by Gasteiger charge is -2.15. The molecule has 98 valence electrons. The molecule has 6 heteroatoms. The molecule has 0 aliphatic rings. The van der Waals surface area contributed by atoms with Crippen LogP contribution in [0.1, 0.15) is 29.2 Å². The lowest BCUT2D eigenvalue weighted by Crippen LogP contribution is -2.17. The number of thiazole rings is 2. The van der Waals surface area contributed by atoms with Gasteiger partial charge in [-0.3, -0.25) is 0 Å². The molecule has 0 radical (unpaired) electrons. The van der Waals surface area contributed by atoms with Crippen LogP contribution >= 0.6 is 22.7 Å². The molecule has 0 saturated heterocycles.